The first-order chi connectivity index (χ1) is 13.2. The van der Waals surface area contributed by atoms with Crippen molar-refractivity contribution in [3.63, 3.8) is 0 Å². The Balaban J connectivity index is 2.14. The predicted molar refractivity (Wildman–Crippen MR) is 121 cm³/mol. The van der Waals surface area contributed by atoms with Gasteiger partial charge in [0.05, 0.1) is 0 Å². The number of unbranched alkanes of at least 4 members (excludes halogenated alkanes) is 2. The molecule has 0 N–H and O–H groups in total. The summed E-state index contributed by atoms with van der Waals surface area (Å²) in [6.07, 6.45) is 6.89. The fourth-order valence-corrected chi connectivity index (χ4v) is 10.9. The van der Waals surface area contributed by atoms with Gasteiger partial charge in [0.25, 0.3) is 0 Å². The zero-order chi connectivity index (χ0) is 19.2. The van der Waals surface area contributed by atoms with Crippen LogP contribution in [0.15, 0.2) is 28.7 Å². The van der Waals surface area contributed by atoms with Gasteiger partial charge in [-0.05, 0) is 0 Å². The molecule has 1 heterocycles. The van der Waals surface area contributed by atoms with E-state index in [2.05, 4.69) is 60.1 Å². The van der Waals surface area contributed by atoms with Crippen LogP contribution in [-0.4, -0.2) is 29.9 Å². The zero-order valence-electron chi connectivity index (χ0n) is 16.1. The van der Waals surface area contributed by atoms with Crippen molar-refractivity contribution in [2.24, 2.45) is 0 Å². The van der Waals surface area contributed by atoms with E-state index in [0.717, 1.165) is 28.2 Å². The van der Waals surface area contributed by atoms with Crippen LogP contribution in [0, 0.1) is 11.3 Å². The van der Waals surface area contributed by atoms with E-state index in [4.69, 9.17) is 0 Å². The van der Waals surface area contributed by atoms with E-state index in [1.807, 2.05) is 0 Å². The Kier molecular flexibility index (Phi) is 8.07. The second-order valence-electron chi connectivity index (χ2n) is 6.97. The van der Waals surface area contributed by atoms with Gasteiger partial charge in [0.2, 0.25) is 0 Å². The van der Waals surface area contributed by atoms with Gasteiger partial charge < -0.3 is 0 Å². The van der Waals surface area contributed by atoms with Gasteiger partial charge in [-0.3, -0.25) is 0 Å². The Morgan fingerprint density at radius 1 is 0.926 bits per heavy atom. The average Bonchev–Trinajstić information content (AvgIpc) is 2.67. The zero-order valence-corrected chi connectivity index (χ0v) is 21.1. The molecule has 1 aliphatic heterocycles. The van der Waals surface area contributed by atoms with Crippen molar-refractivity contribution in [2.75, 3.05) is 0 Å². The first-order valence-corrected chi connectivity index (χ1v) is 14.7. The van der Waals surface area contributed by atoms with Crippen LogP contribution in [-0.2, 0) is 23.5 Å². The molecule has 3 rings (SSSR count). The molecular formula is C23H26BrNSe2. The van der Waals surface area contributed by atoms with Gasteiger partial charge in [0, 0.05) is 0 Å². The fourth-order valence-electron chi connectivity index (χ4n) is 3.50. The van der Waals surface area contributed by atoms with Gasteiger partial charge in [-0.2, -0.15) is 0 Å². The van der Waals surface area contributed by atoms with Crippen molar-refractivity contribution in [2.45, 2.75) is 63.0 Å². The molecule has 0 aromatic heterocycles. The summed E-state index contributed by atoms with van der Waals surface area (Å²) in [6.45, 7) is 4.50. The molecule has 4 heteroatoms. The maximum absolute atomic E-state index is 9.97. The van der Waals surface area contributed by atoms with Gasteiger partial charge in [-0.1, -0.05) is 0 Å². The number of nitrogens with zero attached hydrogens (tertiary/aromatic N) is 1. The van der Waals surface area contributed by atoms with Crippen LogP contribution in [0.5, 0.6) is 0 Å². The van der Waals surface area contributed by atoms with Crippen molar-refractivity contribution in [1.82, 2.24) is 0 Å². The Hall–Kier alpha value is -0.551. The number of halogens is 1. The number of hydrogen-bond acceptors (Lipinski definition) is 1. The summed E-state index contributed by atoms with van der Waals surface area (Å²) in [7, 11) is 0. The summed E-state index contributed by atoms with van der Waals surface area (Å²) >= 11 is 4.71. The molecule has 0 amide bonds. The summed E-state index contributed by atoms with van der Waals surface area (Å²) in [5.41, 5.74) is 6.82. The number of fused-ring (bicyclic) bond motifs is 2. The molecule has 0 saturated heterocycles. The van der Waals surface area contributed by atoms with E-state index >= 15 is 0 Å². The molecular weight excluding hydrogens is 528 g/mol. The molecule has 0 aliphatic carbocycles. The summed E-state index contributed by atoms with van der Waals surface area (Å²) in [5.74, 6) is 0. The summed E-state index contributed by atoms with van der Waals surface area (Å²) in [4.78, 5) is 0. The van der Waals surface area contributed by atoms with Crippen molar-refractivity contribution >= 4 is 54.8 Å². The predicted octanol–water partition coefficient (Wildman–Crippen LogP) is 4.38. The van der Waals surface area contributed by atoms with E-state index in [1.54, 1.807) is 14.5 Å². The van der Waals surface area contributed by atoms with Gasteiger partial charge in [-0.25, -0.2) is 0 Å². The van der Waals surface area contributed by atoms with Crippen LogP contribution in [0.3, 0.4) is 0 Å². The number of nitriles is 1. The Morgan fingerprint density at radius 3 is 1.96 bits per heavy atom. The number of hydrogen-bond donors (Lipinski definition) is 0. The molecule has 0 fully saturated rings. The first-order valence-electron chi connectivity index (χ1n) is 9.80. The second-order valence-corrected chi connectivity index (χ2v) is 11.9. The summed E-state index contributed by atoms with van der Waals surface area (Å²) in [5, 5.41) is 12.3. The van der Waals surface area contributed by atoms with E-state index in [1.165, 1.54) is 47.7 Å². The summed E-state index contributed by atoms with van der Waals surface area (Å²) in [6, 6.07) is 11.6. The molecule has 0 bridgehead atoms. The normalized spacial score (nSPS) is 13.3. The van der Waals surface area contributed by atoms with Gasteiger partial charge in [0.15, 0.2) is 0 Å². The number of rotatable bonds is 6. The van der Waals surface area contributed by atoms with Crippen LogP contribution in [0.2, 0.25) is 0 Å². The third kappa shape index (κ3) is 4.72. The van der Waals surface area contributed by atoms with Crippen molar-refractivity contribution in [1.29, 1.82) is 5.26 Å². The molecule has 0 saturated carbocycles. The first kappa shape index (κ1) is 21.2. The van der Waals surface area contributed by atoms with Crippen LogP contribution >= 0.6 is 15.9 Å². The quantitative estimate of drug-likeness (QED) is 0.487. The SMILES string of the molecule is CCCCc1c(Br)c(C#N)c(CCCC)c2c1[Se]Cc1ccccc1C[Se]2. The molecule has 2 aromatic carbocycles. The monoisotopic (exact) mass is 555 g/mol. The van der Waals surface area contributed by atoms with Crippen LogP contribution in [0.1, 0.15) is 67.3 Å². The molecule has 1 aliphatic rings. The standard InChI is InChI=1S/C23H26BrNSe2/c1-3-5-11-18-20(13-25)21(24)19(12-6-4-2)23-22(18)26-14-16-9-7-8-10-17(16)15-27-23/h7-10H,3-6,11-12,14-15H2,1-2H3. The minimum absolute atomic E-state index is 0.407. The van der Waals surface area contributed by atoms with E-state index in [9.17, 15) is 5.26 Å². The van der Waals surface area contributed by atoms with Gasteiger partial charge >= 0.3 is 186 Å². The van der Waals surface area contributed by atoms with Crippen LogP contribution in [0.4, 0.5) is 0 Å². The van der Waals surface area contributed by atoms with Crippen LogP contribution < -0.4 is 8.92 Å². The Morgan fingerprint density at radius 2 is 1.44 bits per heavy atom. The molecule has 142 valence electrons. The van der Waals surface area contributed by atoms with Crippen molar-refractivity contribution in [3.8, 4) is 6.07 Å². The van der Waals surface area contributed by atoms with E-state index < -0.39 is 0 Å². The maximum atomic E-state index is 9.97. The molecule has 0 spiro atoms. The van der Waals surface area contributed by atoms with Gasteiger partial charge in [0.1, 0.15) is 0 Å². The molecule has 0 unspecified atom stereocenters. The molecule has 27 heavy (non-hydrogen) atoms. The van der Waals surface area contributed by atoms with Crippen LogP contribution in [0.25, 0.3) is 0 Å². The fraction of sp³-hybridized carbons (Fsp3) is 0.435. The second kappa shape index (κ2) is 10.3. The van der Waals surface area contributed by atoms with Gasteiger partial charge in [-0.15, -0.1) is 0 Å². The average molecular weight is 554 g/mol. The van der Waals surface area contributed by atoms with Crippen molar-refractivity contribution < 1.29 is 0 Å². The van der Waals surface area contributed by atoms with E-state index in [-0.39, 0.29) is 0 Å². The minimum atomic E-state index is 0.407. The van der Waals surface area contributed by atoms with E-state index in [0.29, 0.717) is 29.9 Å². The summed E-state index contributed by atoms with van der Waals surface area (Å²) < 4.78 is 4.31. The molecule has 1 nitrogen and oxygen atoms in total. The Labute approximate surface area is 184 Å². The van der Waals surface area contributed by atoms with Crippen molar-refractivity contribution in [3.05, 3.63) is 56.6 Å². The topological polar surface area (TPSA) is 23.8 Å². The molecule has 2 aromatic rings. The Bertz CT molecular complexity index is 854. The third-order valence-corrected chi connectivity index (χ3v) is 11.6. The third-order valence-electron chi connectivity index (χ3n) is 5.08. The number of benzene rings is 2. The molecule has 0 radical (unpaired) electrons. The molecule has 0 atom stereocenters.